The Morgan fingerprint density at radius 3 is 2.59 bits per heavy atom. The molecule has 0 saturated heterocycles. The van der Waals surface area contributed by atoms with Crippen molar-refractivity contribution in [1.29, 1.82) is 0 Å². The van der Waals surface area contributed by atoms with Crippen molar-refractivity contribution >= 4 is 23.3 Å². The maximum Gasteiger partial charge on any atom is 0.318 e. The molecular formula is C25H35N3O3S. The molecule has 0 aliphatic carbocycles. The van der Waals surface area contributed by atoms with Crippen molar-refractivity contribution in [3.05, 3.63) is 51.7 Å². The van der Waals surface area contributed by atoms with E-state index in [0.717, 1.165) is 24.2 Å². The van der Waals surface area contributed by atoms with Gasteiger partial charge in [0.05, 0.1) is 6.04 Å². The Hall–Kier alpha value is -2.54. The van der Waals surface area contributed by atoms with Gasteiger partial charge in [0.25, 0.3) is 0 Å². The Morgan fingerprint density at radius 1 is 1.22 bits per heavy atom. The minimum absolute atomic E-state index is 0.0168. The maximum absolute atomic E-state index is 13.5. The first-order chi connectivity index (χ1) is 15.3. The molecule has 1 N–H and O–H groups in total. The number of urea groups is 1. The highest BCUT2D eigenvalue weighted by atomic mass is 32.1. The third kappa shape index (κ3) is 5.82. The number of nitrogens with zero attached hydrogens (tertiary/aromatic N) is 2. The zero-order chi connectivity index (χ0) is 23.3. The Labute approximate surface area is 195 Å². The van der Waals surface area contributed by atoms with Gasteiger partial charge in [-0.15, -0.1) is 11.3 Å². The van der Waals surface area contributed by atoms with Crippen LogP contribution in [0.25, 0.3) is 0 Å². The van der Waals surface area contributed by atoms with Gasteiger partial charge < -0.3 is 19.9 Å². The predicted octanol–water partition coefficient (Wildman–Crippen LogP) is 4.78. The fraction of sp³-hybridized carbons (Fsp3) is 0.520. The minimum atomic E-state index is -0.191. The van der Waals surface area contributed by atoms with E-state index in [0.29, 0.717) is 13.2 Å². The van der Waals surface area contributed by atoms with Gasteiger partial charge in [-0.3, -0.25) is 4.79 Å². The molecule has 7 heteroatoms. The van der Waals surface area contributed by atoms with Crippen LogP contribution in [0, 0.1) is 6.92 Å². The molecule has 2 heterocycles. The summed E-state index contributed by atoms with van der Waals surface area (Å²) in [6.45, 7) is 11.0. The molecular weight excluding hydrogens is 422 g/mol. The van der Waals surface area contributed by atoms with E-state index in [1.54, 1.807) is 16.2 Å². The van der Waals surface area contributed by atoms with Crippen LogP contribution >= 0.6 is 11.3 Å². The third-order valence-corrected chi connectivity index (χ3v) is 6.94. The fourth-order valence-electron chi connectivity index (χ4n) is 3.90. The number of rotatable bonds is 8. The van der Waals surface area contributed by atoms with E-state index in [1.807, 2.05) is 63.8 Å². The van der Waals surface area contributed by atoms with Gasteiger partial charge in [0, 0.05) is 23.5 Å². The largest absolute Gasteiger partial charge is 0.491 e. The number of carbonyl (C=O) groups is 2. The lowest BCUT2D eigenvalue weighted by atomic mass is 10.00. The lowest BCUT2D eigenvalue weighted by Crippen LogP contribution is -2.53. The molecule has 32 heavy (non-hydrogen) atoms. The molecule has 6 nitrogen and oxygen atoms in total. The molecule has 1 aromatic heterocycles. The van der Waals surface area contributed by atoms with Crippen LogP contribution in [0.3, 0.4) is 0 Å². The first-order valence-electron chi connectivity index (χ1n) is 11.4. The lowest BCUT2D eigenvalue weighted by Gasteiger charge is -2.38. The molecule has 1 aromatic carbocycles. The molecule has 0 bridgehead atoms. The SMILES string of the molecule is CC[C@@H](C)N(CC(=O)N1CCc2sccc2[C@H]1COc1ccc(C)cc1)C(=O)NC(C)C. The summed E-state index contributed by atoms with van der Waals surface area (Å²) < 4.78 is 6.10. The molecule has 2 aromatic rings. The smallest absolute Gasteiger partial charge is 0.318 e. The van der Waals surface area contributed by atoms with Crippen molar-refractivity contribution in [2.45, 2.75) is 65.6 Å². The molecule has 3 amide bonds. The van der Waals surface area contributed by atoms with Crippen LogP contribution in [-0.4, -0.2) is 53.5 Å². The second-order valence-electron chi connectivity index (χ2n) is 8.77. The molecule has 0 spiro atoms. The van der Waals surface area contributed by atoms with Crippen molar-refractivity contribution in [1.82, 2.24) is 15.1 Å². The molecule has 174 valence electrons. The van der Waals surface area contributed by atoms with E-state index >= 15 is 0 Å². The first kappa shape index (κ1) is 24.1. The summed E-state index contributed by atoms with van der Waals surface area (Å²) in [5, 5.41) is 5.02. The second kappa shape index (κ2) is 10.9. The van der Waals surface area contributed by atoms with Crippen LogP contribution in [0.4, 0.5) is 4.79 Å². The quantitative estimate of drug-likeness (QED) is 0.621. The highest BCUT2D eigenvalue weighted by molar-refractivity contribution is 7.10. The maximum atomic E-state index is 13.5. The average molecular weight is 458 g/mol. The van der Waals surface area contributed by atoms with Gasteiger partial charge in [0.2, 0.25) is 5.91 Å². The van der Waals surface area contributed by atoms with E-state index in [4.69, 9.17) is 4.74 Å². The number of hydrogen-bond donors (Lipinski definition) is 1. The first-order valence-corrected chi connectivity index (χ1v) is 12.3. The van der Waals surface area contributed by atoms with Crippen molar-refractivity contribution in [2.75, 3.05) is 19.7 Å². The number of nitrogens with one attached hydrogen (secondary N) is 1. The van der Waals surface area contributed by atoms with Crippen molar-refractivity contribution in [3.8, 4) is 5.75 Å². The Morgan fingerprint density at radius 2 is 1.94 bits per heavy atom. The van der Waals surface area contributed by atoms with Gasteiger partial charge in [0.15, 0.2) is 0 Å². The number of fused-ring (bicyclic) bond motifs is 1. The highest BCUT2D eigenvalue weighted by Crippen LogP contribution is 2.34. The second-order valence-corrected chi connectivity index (χ2v) is 9.77. The summed E-state index contributed by atoms with van der Waals surface area (Å²) in [5.41, 5.74) is 2.33. The number of hydrogen-bond acceptors (Lipinski definition) is 4. The lowest BCUT2D eigenvalue weighted by molar-refractivity contribution is -0.136. The predicted molar refractivity (Wildman–Crippen MR) is 129 cm³/mol. The summed E-state index contributed by atoms with van der Waals surface area (Å²) in [5.74, 6) is 0.751. The Balaban J connectivity index is 1.77. The van der Waals surface area contributed by atoms with Crippen LogP contribution in [-0.2, 0) is 11.2 Å². The van der Waals surface area contributed by atoms with Gasteiger partial charge in [0.1, 0.15) is 18.9 Å². The van der Waals surface area contributed by atoms with E-state index in [1.165, 1.54) is 10.4 Å². The van der Waals surface area contributed by atoms with E-state index in [9.17, 15) is 9.59 Å². The minimum Gasteiger partial charge on any atom is -0.491 e. The van der Waals surface area contributed by atoms with E-state index in [-0.39, 0.29) is 36.6 Å². The number of aryl methyl sites for hydroxylation is 1. The molecule has 3 rings (SSSR count). The van der Waals surface area contributed by atoms with Crippen molar-refractivity contribution in [3.63, 3.8) is 0 Å². The standard InChI is InChI=1S/C25H35N3O3S/c1-6-19(5)28(25(30)26-17(2)3)15-24(29)27-13-11-23-21(12-14-32-23)22(27)16-31-20-9-7-18(4)8-10-20/h7-10,12,14,17,19,22H,6,11,13,15-16H2,1-5H3,(H,26,30)/t19-,22-/m1/s1. The number of thiophene rings is 1. The van der Waals surface area contributed by atoms with Gasteiger partial charge >= 0.3 is 6.03 Å². The zero-order valence-electron chi connectivity index (χ0n) is 19.8. The molecule has 0 saturated carbocycles. The molecule has 1 aliphatic rings. The van der Waals surface area contributed by atoms with Gasteiger partial charge in [-0.2, -0.15) is 0 Å². The van der Waals surface area contributed by atoms with Crippen molar-refractivity contribution < 1.29 is 14.3 Å². The Bertz CT molecular complexity index is 909. The monoisotopic (exact) mass is 457 g/mol. The van der Waals surface area contributed by atoms with Crippen LogP contribution in [0.1, 0.15) is 56.2 Å². The Kier molecular flexibility index (Phi) is 8.18. The summed E-state index contributed by atoms with van der Waals surface area (Å²) in [7, 11) is 0. The zero-order valence-corrected chi connectivity index (χ0v) is 20.6. The summed E-state index contributed by atoms with van der Waals surface area (Å²) in [6, 6.07) is 9.69. The van der Waals surface area contributed by atoms with Crippen LogP contribution in [0.5, 0.6) is 5.75 Å². The number of benzene rings is 1. The molecule has 0 unspecified atom stereocenters. The molecule has 2 atom stereocenters. The van der Waals surface area contributed by atoms with Gasteiger partial charge in [-0.1, -0.05) is 24.6 Å². The molecule has 1 aliphatic heterocycles. The normalized spacial score (nSPS) is 16.4. The van der Waals surface area contributed by atoms with Gasteiger partial charge in [-0.25, -0.2) is 4.79 Å². The highest BCUT2D eigenvalue weighted by Gasteiger charge is 2.34. The number of amides is 3. The number of ether oxygens (including phenoxy) is 1. The van der Waals surface area contributed by atoms with Crippen molar-refractivity contribution in [2.24, 2.45) is 0 Å². The summed E-state index contributed by atoms with van der Waals surface area (Å²) >= 11 is 1.73. The summed E-state index contributed by atoms with van der Waals surface area (Å²) in [4.78, 5) is 31.1. The molecule has 0 radical (unpaired) electrons. The van der Waals surface area contributed by atoms with Gasteiger partial charge in [-0.05, 0) is 69.7 Å². The molecule has 0 fully saturated rings. The van der Waals surface area contributed by atoms with E-state index in [2.05, 4.69) is 16.8 Å². The van der Waals surface area contributed by atoms with Crippen LogP contribution in [0.15, 0.2) is 35.7 Å². The fourth-order valence-corrected chi connectivity index (χ4v) is 4.83. The van der Waals surface area contributed by atoms with Crippen LogP contribution in [0.2, 0.25) is 0 Å². The van der Waals surface area contributed by atoms with E-state index < -0.39 is 0 Å². The topological polar surface area (TPSA) is 61.9 Å². The third-order valence-electron chi connectivity index (χ3n) is 5.95. The average Bonchev–Trinajstić information content (AvgIpc) is 3.24. The number of carbonyl (C=O) groups excluding carboxylic acids is 2. The van der Waals surface area contributed by atoms with Crippen LogP contribution < -0.4 is 10.1 Å². The summed E-state index contributed by atoms with van der Waals surface area (Å²) in [6.07, 6.45) is 1.62.